The average Bonchev–Trinajstić information content (AvgIpc) is 2.67. The summed E-state index contributed by atoms with van der Waals surface area (Å²) in [6, 6.07) is 0. The van der Waals surface area contributed by atoms with E-state index in [2.05, 4.69) is 17.6 Å². The highest BCUT2D eigenvalue weighted by atomic mass is 16.5. The average molecular weight is 391 g/mol. The van der Waals surface area contributed by atoms with Gasteiger partial charge in [-0.25, -0.2) is 0 Å². The van der Waals surface area contributed by atoms with Crippen molar-refractivity contribution in [2.75, 3.05) is 32.9 Å². The molecule has 0 aromatic carbocycles. The molecule has 0 aromatic rings. The van der Waals surface area contributed by atoms with Crippen LogP contribution in [0.15, 0.2) is 0 Å². The third-order valence-corrected chi connectivity index (χ3v) is 4.91. The summed E-state index contributed by atoms with van der Waals surface area (Å²) in [5, 5.41) is 34.2. The Morgan fingerprint density at radius 2 is 1.15 bits per heavy atom. The number of nitrogens with one attached hydrogen (secondary N) is 2. The van der Waals surface area contributed by atoms with Gasteiger partial charge in [0.15, 0.2) is 0 Å². The maximum atomic E-state index is 10.1. The van der Waals surface area contributed by atoms with Crippen molar-refractivity contribution in [3.05, 3.63) is 0 Å². The minimum absolute atomic E-state index is 0.0444. The van der Waals surface area contributed by atoms with Crippen LogP contribution in [0.1, 0.15) is 90.9 Å². The van der Waals surface area contributed by atoms with E-state index in [9.17, 15) is 5.11 Å². The molecule has 0 aromatic heterocycles. The van der Waals surface area contributed by atoms with Crippen molar-refractivity contribution in [3.63, 3.8) is 0 Å². The first-order chi connectivity index (χ1) is 13.1. The molecule has 0 saturated carbocycles. The molecule has 164 valence electrons. The summed E-state index contributed by atoms with van der Waals surface area (Å²) in [6.45, 7) is 4.95. The molecule has 0 aliphatic rings. The second-order valence-electron chi connectivity index (χ2n) is 7.45. The van der Waals surface area contributed by atoms with Crippen LogP contribution >= 0.6 is 0 Å². The minimum atomic E-state index is -1.12. The largest absolute Gasteiger partial charge is 0.395 e. The number of unbranched alkanes of at least 4 members (excludes halogenated alkanes) is 11. The van der Waals surface area contributed by atoms with Crippen LogP contribution in [0.3, 0.4) is 0 Å². The molecule has 0 aliphatic heterocycles. The minimum Gasteiger partial charge on any atom is -0.395 e. The molecule has 27 heavy (non-hydrogen) atoms. The zero-order chi connectivity index (χ0) is 20.2. The number of aliphatic hydroxyl groups excluding tert-OH is 3. The predicted molar refractivity (Wildman–Crippen MR) is 112 cm³/mol. The molecular weight excluding hydrogens is 344 g/mol. The van der Waals surface area contributed by atoms with Crippen molar-refractivity contribution in [1.29, 1.82) is 0 Å². The lowest BCUT2D eigenvalue weighted by Gasteiger charge is -2.38. The van der Waals surface area contributed by atoms with Crippen LogP contribution < -0.4 is 10.6 Å². The molecule has 0 heterocycles. The predicted octanol–water partition coefficient (Wildman–Crippen LogP) is 2.90. The lowest BCUT2D eigenvalue weighted by molar-refractivity contribution is -0.162. The molecule has 6 nitrogen and oxygen atoms in total. The zero-order valence-corrected chi connectivity index (χ0v) is 17.8. The molecule has 0 amide bonds. The summed E-state index contributed by atoms with van der Waals surface area (Å²) in [5.41, 5.74) is 0. The van der Waals surface area contributed by atoms with Gasteiger partial charge in [0.2, 0.25) is 5.85 Å². The highest BCUT2D eigenvalue weighted by Gasteiger charge is 2.35. The lowest BCUT2D eigenvalue weighted by Crippen LogP contribution is -2.66. The number of hydrogen-bond donors (Lipinski definition) is 5. The van der Waals surface area contributed by atoms with Gasteiger partial charge in [0.05, 0.1) is 19.8 Å². The van der Waals surface area contributed by atoms with E-state index < -0.39 is 12.0 Å². The smallest absolute Gasteiger partial charge is 0.201 e. The van der Waals surface area contributed by atoms with Crippen LogP contribution in [0.5, 0.6) is 0 Å². The topological polar surface area (TPSA) is 94.0 Å². The summed E-state index contributed by atoms with van der Waals surface area (Å²) in [6.07, 6.45) is 14.7. The van der Waals surface area contributed by atoms with Crippen molar-refractivity contribution < 1.29 is 20.1 Å². The maximum Gasteiger partial charge on any atom is 0.201 e. The van der Waals surface area contributed by atoms with Gasteiger partial charge < -0.3 is 20.1 Å². The molecule has 5 N–H and O–H groups in total. The lowest BCUT2D eigenvalue weighted by atomic mass is 10.1. The molecule has 0 radical (unpaired) electrons. The Morgan fingerprint density at radius 3 is 1.52 bits per heavy atom. The Labute approximate surface area is 167 Å². The van der Waals surface area contributed by atoms with Crippen molar-refractivity contribution in [3.8, 4) is 0 Å². The second-order valence-corrected chi connectivity index (χ2v) is 7.45. The Balaban J connectivity index is 3.78. The maximum absolute atomic E-state index is 10.1. The fourth-order valence-corrected chi connectivity index (χ4v) is 3.24. The van der Waals surface area contributed by atoms with Gasteiger partial charge in [-0.2, -0.15) is 0 Å². The summed E-state index contributed by atoms with van der Waals surface area (Å²) in [7, 11) is 0. The molecule has 1 atom stereocenters. The Kier molecular flexibility index (Phi) is 18.9. The van der Waals surface area contributed by atoms with E-state index in [1.165, 1.54) is 64.2 Å². The van der Waals surface area contributed by atoms with Gasteiger partial charge in [0, 0.05) is 13.1 Å². The molecular formula is C21H46N2O4. The van der Waals surface area contributed by atoms with Crippen LogP contribution in [0.25, 0.3) is 0 Å². The normalized spacial score (nSPS) is 13.2. The standard InChI is InChI=1S/C21H46N2O4/c1-3-4-5-6-7-8-9-10-11-12-13-14-19-27-21(20(2)26,22-15-17-24)23-16-18-25/h20,22-26H,3-19H2,1-2H3. The molecule has 0 bridgehead atoms. The van der Waals surface area contributed by atoms with Crippen molar-refractivity contribution >= 4 is 0 Å². The van der Waals surface area contributed by atoms with Crippen LogP contribution in [0.2, 0.25) is 0 Å². The molecule has 0 rings (SSSR count). The van der Waals surface area contributed by atoms with Gasteiger partial charge in [-0.3, -0.25) is 10.6 Å². The van der Waals surface area contributed by atoms with Crippen LogP contribution in [0, 0.1) is 0 Å². The Morgan fingerprint density at radius 1 is 0.741 bits per heavy atom. The highest BCUT2D eigenvalue weighted by molar-refractivity contribution is 4.81. The first-order valence-corrected chi connectivity index (χ1v) is 11.2. The zero-order valence-electron chi connectivity index (χ0n) is 17.8. The number of ether oxygens (including phenoxy) is 1. The molecule has 0 spiro atoms. The molecule has 0 saturated heterocycles. The monoisotopic (exact) mass is 390 g/mol. The van der Waals surface area contributed by atoms with Gasteiger partial charge in [-0.1, -0.05) is 77.6 Å². The van der Waals surface area contributed by atoms with E-state index in [4.69, 9.17) is 14.9 Å². The van der Waals surface area contributed by atoms with Gasteiger partial charge in [0.25, 0.3) is 0 Å². The molecule has 0 aliphatic carbocycles. The summed E-state index contributed by atoms with van der Waals surface area (Å²) in [4.78, 5) is 0. The van der Waals surface area contributed by atoms with E-state index in [1.807, 2.05) is 0 Å². The molecule has 1 unspecified atom stereocenters. The van der Waals surface area contributed by atoms with E-state index >= 15 is 0 Å². The van der Waals surface area contributed by atoms with Crippen molar-refractivity contribution in [1.82, 2.24) is 10.6 Å². The SMILES string of the molecule is CCCCCCCCCCCCCCOC(NCCO)(NCCO)C(C)O. The summed E-state index contributed by atoms with van der Waals surface area (Å²) < 4.78 is 5.89. The van der Waals surface area contributed by atoms with Crippen LogP contribution in [0.4, 0.5) is 0 Å². The first-order valence-electron chi connectivity index (χ1n) is 11.2. The fourth-order valence-electron chi connectivity index (χ4n) is 3.24. The quantitative estimate of drug-likeness (QED) is 0.153. The Bertz CT molecular complexity index is 296. The molecule has 6 heteroatoms. The van der Waals surface area contributed by atoms with Crippen molar-refractivity contribution in [2.45, 2.75) is 103 Å². The van der Waals surface area contributed by atoms with E-state index in [0.717, 1.165) is 12.8 Å². The van der Waals surface area contributed by atoms with Gasteiger partial charge in [0.1, 0.15) is 6.10 Å². The highest BCUT2D eigenvalue weighted by Crippen LogP contribution is 2.14. The van der Waals surface area contributed by atoms with E-state index in [1.54, 1.807) is 6.92 Å². The van der Waals surface area contributed by atoms with E-state index in [-0.39, 0.29) is 13.2 Å². The second kappa shape index (κ2) is 19.1. The van der Waals surface area contributed by atoms with Gasteiger partial charge in [-0.05, 0) is 13.3 Å². The van der Waals surface area contributed by atoms with Gasteiger partial charge >= 0.3 is 0 Å². The number of rotatable bonds is 21. The van der Waals surface area contributed by atoms with Gasteiger partial charge in [-0.15, -0.1) is 0 Å². The third-order valence-electron chi connectivity index (χ3n) is 4.91. The van der Waals surface area contributed by atoms with Crippen LogP contribution in [-0.4, -0.2) is 60.2 Å². The summed E-state index contributed by atoms with van der Waals surface area (Å²) in [5.74, 6) is -1.12. The number of aliphatic hydroxyl groups is 3. The summed E-state index contributed by atoms with van der Waals surface area (Å²) >= 11 is 0. The molecule has 0 fully saturated rings. The van der Waals surface area contributed by atoms with E-state index in [0.29, 0.717) is 19.7 Å². The first kappa shape index (κ1) is 26.8. The fraction of sp³-hybridized carbons (Fsp3) is 1.00. The Hall–Kier alpha value is -0.240. The third kappa shape index (κ3) is 14.4. The number of hydrogen-bond acceptors (Lipinski definition) is 6. The van der Waals surface area contributed by atoms with Crippen molar-refractivity contribution in [2.24, 2.45) is 0 Å². The van der Waals surface area contributed by atoms with Crippen LogP contribution in [-0.2, 0) is 4.74 Å².